The van der Waals surface area contributed by atoms with E-state index in [1.165, 1.54) is 12.1 Å². The monoisotopic (exact) mass is 346 g/mol. The Morgan fingerprint density at radius 2 is 1.95 bits per heavy atom. The van der Waals surface area contributed by atoms with Gasteiger partial charge in [0.2, 0.25) is 0 Å². The summed E-state index contributed by atoms with van der Waals surface area (Å²) in [6.07, 6.45) is 2.42. The predicted octanol–water partition coefficient (Wildman–Crippen LogP) is 5.43. The lowest BCUT2D eigenvalue weighted by atomic mass is 9.75. The lowest BCUT2D eigenvalue weighted by Gasteiger charge is -2.39. The smallest absolute Gasteiger partial charge is 0.130 e. The molecule has 2 atom stereocenters. The van der Waals surface area contributed by atoms with Gasteiger partial charge < -0.3 is 4.74 Å². The third kappa shape index (κ3) is 3.40. The normalized spacial score (nSPS) is 23.6. The lowest BCUT2D eigenvalue weighted by molar-refractivity contribution is -0.0773. The molecule has 1 heterocycles. The molecule has 4 heteroatoms. The fraction of sp³-hybridized carbons (Fsp3) is 0.625. The summed E-state index contributed by atoms with van der Waals surface area (Å²) < 4.78 is 34.5. The summed E-state index contributed by atoms with van der Waals surface area (Å²) in [4.78, 5) is 0. The van der Waals surface area contributed by atoms with Crippen molar-refractivity contribution in [2.45, 2.75) is 51.6 Å². The molecule has 112 valence electrons. The number of halogens is 3. The Balaban J connectivity index is 2.33. The van der Waals surface area contributed by atoms with Gasteiger partial charge in [0.15, 0.2) is 0 Å². The van der Waals surface area contributed by atoms with Gasteiger partial charge in [-0.3, -0.25) is 0 Å². The lowest BCUT2D eigenvalue weighted by Crippen LogP contribution is -2.36. The van der Waals surface area contributed by atoms with Crippen LogP contribution < -0.4 is 0 Å². The molecular weight excluding hydrogens is 326 g/mol. The van der Waals surface area contributed by atoms with Crippen molar-refractivity contribution in [3.8, 4) is 0 Å². The molecule has 0 amide bonds. The van der Waals surface area contributed by atoms with Crippen molar-refractivity contribution in [1.82, 2.24) is 0 Å². The van der Waals surface area contributed by atoms with Gasteiger partial charge in [-0.25, -0.2) is 8.78 Å². The fourth-order valence-corrected chi connectivity index (χ4v) is 3.71. The maximum absolute atomic E-state index is 14.2. The number of hydrogen-bond donors (Lipinski definition) is 0. The van der Waals surface area contributed by atoms with Crippen LogP contribution in [0.3, 0.4) is 0 Å². The summed E-state index contributed by atoms with van der Waals surface area (Å²) in [6.45, 7) is 6.74. The van der Waals surface area contributed by atoms with E-state index in [4.69, 9.17) is 4.74 Å². The van der Waals surface area contributed by atoms with E-state index in [0.29, 0.717) is 11.1 Å². The van der Waals surface area contributed by atoms with Gasteiger partial charge in [-0.05, 0) is 57.1 Å². The van der Waals surface area contributed by atoms with Crippen LogP contribution in [0.2, 0.25) is 0 Å². The Hall–Kier alpha value is -0.480. The van der Waals surface area contributed by atoms with Crippen LogP contribution in [-0.4, -0.2) is 12.2 Å². The molecular formula is C16H21BrF2O. The van der Waals surface area contributed by atoms with Gasteiger partial charge in [0.1, 0.15) is 11.6 Å². The minimum atomic E-state index is -0.451. The summed E-state index contributed by atoms with van der Waals surface area (Å²) in [7, 11) is 0. The maximum atomic E-state index is 14.2. The average molecular weight is 347 g/mol. The topological polar surface area (TPSA) is 9.23 Å². The van der Waals surface area contributed by atoms with Crippen molar-refractivity contribution in [1.29, 1.82) is 0 Å². The molecule has 1 saturated heterocycles. The number of hydrogen-bond acceptors (Lipinski definition) is 1. The van der Waals surface area contributed by atoms with E-state index in [9.17, 15) is 8.78 Å². The second-order valence-electron chi connectivity index (χ2n) is 6.16. The van der Waals surface area contributed by atoms with Gasteiger partial charge in [-0.15, -0.1) is 0 Å². The van der Waals surface area contributed by atoms with Crippen LogP contribution in [0, 0.1) is 17.6 Å². The van der Waals surface area contributed by atoms with E-state index in [1.807, 2.05) is 20.8 Å². The number of rotatable bonds is 3. The molecule has 0 spiro atoms. The molecule has 0 aliphatic carbocycles. The van der Waals surface area contributed by atoms with E-state index >= 15 is 0 Å². The molecule has 20 heavy (non-hydrogen) atoms. The first-order chi connectivity index (χ1) is 9.34. The summed E-state index contributed by atoms with van der Waals surface area (Å²) in [5.41, 5.74) is 0.0250. The largest absolute Gasteiger partial charge is 0.376 e. The number of ether oxygens (including phenoxy) is 1. The maximum Gasteiger partial charge on any atom is 0.130 e. The second-order valence-corrected chi connectivity index (χ2v) is 7.07. The van der Waals surface area contributed by atoms with Gasteiger partial charge in [0.05, 0.1) is 5.60 Å². The van der Waals surface area contributed by atoms with Crippen LogP contribution in [0.1, 0.15) is 51.5 Å². The van der Waals surface area contributed by atoms with E-state index < -0.39 is 11.6 Å². The van der Waals surface area contributed by atoms with Gasteiger partial charge in [-0.2, -0.15) is 0 Å². The molecule has 1 fully saturated rings. The molecule has 2 rings (SSSR count). The van der Waals surface area contributed by atoms with Crippen LogP contribution >= 0.6 is 15.9 Å². The Labute approximate surface area is 127 Å². The highest BCUT2D eigenvalue weighted by molar-refractivity contribution is 9.10. The molecule has 1 nitrogen and oxygen atoms in total. The molecule has 0 radical (unpaired) electrons. The molecule has 0 N–H and O–H groups in total. The van der Waals surface area contributed by atoms with Crippen LogP contribution in [0.25, 0.3) is 0 Å². The van der Waals surface area contributed by atoms with E-state index in [0.717, 1.165) is 19.3 Å². The molecule has 1 aromatic rings. The van der Waals surface area contributed by atoms with Crippen LogP contribution in [0.4, 0.5) is 8.78 Å². The van der Waals surface area contributed by atoms with Crippen LogP contribution in [0.5, 0.6) is 0 Å². The van der Waals surface area contributed by atoms with Gasteiger partial charge in [0.25, 0.3) is 0 Å². The average Bonchev–Trinajstić information content (AvgIpc) is 2.32. The zero-order valence-corrected chi connectivity index (χ0v) is 13.8. The first-order valence-corrected chi connectivity index (χ1v) is 7.91. The van der Waals surface area contributed by atoms with Crippen molar-refractivity contribution < 1.29 is 13.5 Å². The Bertz CT molecular complexity index is 464. The highest BCUT2D eigenvalue weighted by Crippen LogP contribution is 2.41. The summed E-state index contributed by atoms with van der Waals surface area (Å²) in [5, 5.41) is 0. The Kier molecular flexibility index (Phi) is 4.85. The Morgan fingerprint density at radius 3 is 2.45 bits per heavy atom. The van der Waals surface area contributed by atoms with E-state index in [-0.39, 0.29) is 23.0 Å². The van der Waals surface area contributed by atoms with Crippen molar-refractivity contribution >= 4 is 15.9 Å². The van der Waals surface area contributed by atoms with Crippen molar-refractivity contribution in [2.24, 2.45) is 5.92 Å². The predicted molar refractivity (Wildman–Crippen MR) is 79.8 cm³/mol. The zero-order valence-electron chi connectivity index (χ0n) is 12.2. The molecule has 0 bridgehead atoms. The van der Waals surface area contributed by atoms with E-state index in [2.05, 4.69) is 15.9 Å². The molecule has 1 aromatic carbocycles. The molecule has 1 aliphatic heterocycles. The third-order valence-corrected chi connectivity index (χ3v) is 4.62. The summed E-state index contributed by atoms with van der Waals surface area (Å²) in [5.74, 6) is -0.735. The quantitative estimate of drug-likeness (QED) is 0.709. The standard InChI is InChI=1S/C16H21BrF2O/c1-4-12(10-5-6-20-16(2,3)9-10)15-13(18)7-11(17)8-14(15)19/h7-8,10,12H,4-6,9H2,1-3H3/t10-,12+/m1/s1. The fourth-order valence-electron chi connectivity index (χ4n) is 3.30. The highest BCUT2D eigenvalue weighted by atomic mass is 79.9. The zero-order chi connectivity index (χ0) is 14.9. The third-order valence-electron chi connectivity index (χ3n) is 4.16. The minimum absolute atomic E-state index is 0.0914. The number of benzene rings is 1. The second kappa shape index (κ2) is 6.10. The minimum Gasteiger partial charge on any atom is -0.376 e. The van der Waals surface area contributed by atoms with Crippen LogP contribution in [0.15, 0.2) is 16.6 Å². The van der Waals surface area contributed by atoms with Crippen molar-refractivity contribution in [3.05, 3.63) is 33.8 Å². The van der Waals surface area contributed by atoms with Gasteiger partial charge >= 0.3 is 0 Å². The van der Waals surface area contributed by atoms with Crippen LogP contribution in [-0.2, 0) is 4.74 Å². The van der Waals surface area contributed by atoms with Gasteiger partial charge in [0, 0.05) is 16.6 Å². The molecule has 0 saturated carbocycles. The van der Waals surface area contributed by atoms with E-state index in [1.54, 1.807) is 0 Å². The first-order valence-electron chi connectivity index (χ1n) is 7.12. The SMILES string of the molecule is CC[C@H](c1c(F)cc(Br)cc1F)[C@@H]1CCOC(C)(C)C1. The molecule has 0 aromatic heterocycles. The molecule has 0 unspecified atom stereocenters. The molecule has 1 aliphatic rings. The van der Waals surface area contributed by atoms with Crippen molar-refractivity contribution in [2.75, 3.05) is 6.61 Å². The summed E-state index contributed by atoms with van der Waals surface area (Å²) >= 11 is 3.13. The summed E-state index contributed by atoms with van der Waals surface area (Å²) in [6, 6.07) is 2.71. The first kappa shape index (κ1) is 15.9. The van der Waals surface area contributed by atoms with Gasteiger partial charge in [-0.1, -0.05) is 22.9 Å². The highest BCUT2D eigenvalue weighted by Gasteiger charge is 2.35. The van der Waals surface area contributed by atoms with Crippen molar-refractivity contribution in [3.63, 3.8) is 0 Å². The Morgan fingerprint density at radius 1 is 1.35 bits per heavy atom.